The summed E-state index contributed by atoms with van der Waals surface area (Å²) in [4.78, 5) is 15.3. The number of aromatic carboxylic acids is 1. The number of carboxylic acid groups (broad SMARTS) is 1. The zero-order chi connectivity index (χ0) is 12.6. The van der Waals surface area contributed by atoms with Crippen molar-refractivity contribution in [3.8, 4) is 0 Å². The summed E-state index contributed by atoms with van der Waals surface area (Å²) in [6, 6.07) is 0. The molecule has 2 aromatic heterocycles. The van der Waals surface area contributed by atoms with Crippen molar-refractivity contribution < 1.29 is 9.90 Å². The number of carbonyl (C=O) groups is 1. The van der Waals surface area contributed by atoms with E-state index in [-0.39, 0.29) is 5.56 Å². The second-order valence-electron chi connectivity index (χ2n) is 4.38. The van der Waals surface area contributed by atoms with E-state index in [0.717, 1.165) is 0 Å². The smallest absolute Gasteiger partial charge is 0.341 e. The molecule has 0 unspecified atom stereocenters. The summed E-state index contributed by atoms with van der Waals surface area (Å²) in [6.07, 6.45) is 3.60. The average Bonchev–Trinajstić information content (AvgIpc) is 2.53. The van der Waals surface area contributed by atoms with Gasteiger partial charge in [0.05, 0.1) is 23.8 Å². The van der Waals surface area contributed by atoms with E-state index in [1.54, 1.807) is 6.20 Å². The number of aromatic nitrogens is 3. The first-order valence-corrected chi connectivity index (χ1v) is 5.35. The van der Waals surface area contributed by atoms with Crippen molar-refractivity contribution in [2.75, 3.05) is 5.73 Å². The third-order valence-electron chi connectivity index (χ3n) is 2.38. The molecule has 3 N–H and O–H groups in total. The highest BCUT2D eigenvalue weighted by atomic mass is 16.4. The molecule has 6 nitrogen and oxygen atoms in total. The molecule has 0 fully saturated rings. The van der Waals surface area contributed by atoms with Gasteiger partial charge in [-0.15, -0.1) is 0 Å². The van der Waals surface area contributed by atoms with Crippen molar-refractivity contribution in [1.82, 2.24) is 14.6 Å². The molecule has 90 valence electrons. The SMILES string of the molecule is CC(C)Cc1nn2cc(N)cnc2c1C(=O)O. The largest absolute Gasteiger partial charge is 0.477 e. The lowest BCUT2D eigenvalue weighted by molar-refractivity contribution is 0.0697. The molecule has 17 heavy (non-hydrogen) atoms. The van der Waals surface area contributed by atoms with Gasteiger partial charge in [-0.2, -0.15) is 5.10 Å². The Bertz CT molecular complexity index is 574. The summed E-state index contributed by atoms with van der Waals surface area (Å²) >= 11 is 0. The standard InChI is InChI=1S/C11H14N4O2/c1-6(2)3-8-9(11(16)17)10-13-4-7(12)5-15(10)14-8/h4-6H,3,12H2,1-2H3,(H,16,17). The van der Waals surface area contributed by atoms with Crippen LogP contribution in [0.5, 0.6) is 0 Å². The van der Waals surface area contributed by atoms with E-state index in [1.165, 1.54) is 10.7 Å². The van der Waals surface area contributed by atoms with E-state index >= 15 is 0 Å². The molecule has 0 saturated carbocycles. The first-order valence-electron chi connectivity index (χ1n) is 5.35. The summed E-state index contributed by atoms with van der Waals surface area (Å²) in [5.74, 6) is -0.678. The van der Waals surface area contributed by atoms with Crippen molar-refractivity contribution in [1.29, 1.82) is 0 Å². The number of carboxylic acids is 1. The van der Waals surface area contributed by atoms with Crippen molar-refractivity contribution in [3.05, 3.63) is 23.7 Å². The molecule has 2 rings (SSSR count). The molecule has 2 aromatic rings. The third-order valence-corrected chi connectivity index (χ3v) is 2.38. The zero-order valence-electron chi connectivity index (χ0n) is 9.71. The maximum Gasteiger partial charge on any atom is 0.341 e. The average molecular weight is 234 g/mol. The van der Waals surface area contributed by atoms with E-state index in [9.17, 15) is 9.90 Å². The van der Waals surface area contributed by atoms with Gasteiger partial charge in [-0.3, -0.25) is 0 Å². The van der Waals surface area contributed by atoms with E-state index in [2.05, 4.69) is 10.1 Å². The number of hydrogen-bond acceptors (Lipinski definition) is 4. The molecule has 6 heteroatoms. The first-order chi connectivity index (χ1) is 7.99. The molecule has 0 radical (unpaired) electrons. The van der Waals surface area contributed by atoms with E-state index in [1.807, 2.05) is 13.8 Å². The minimum Gasteiger partial charge on any atom is -0.477 e. The van der Waals surface area contributed by atoms with Crippen LogP contribution in [-0.2, 0) is 6.42 Å². The van der Waals surface area contributed by atoms with Gasteiger partial charge in [-0.05, 0) is 12.3 Å². The molecule has 0 aliphatic rings. The lowest BCUT2D eigenvalue weighted by Crippen LogP contribution is -2.04. The fourth-order valence-electron chi connectivity index (χ4n) is 1.74. The Morgan fingerprint density at radius 1 is 1.59 bits per heavy atom. The predicted octanol–water partition coefficient (Wildman–Crippen LogP) is 1.21. The summed E-state index contributed by atoms with van der Waals surface area (Å²) in [5, 5.41) is 13.4. The molecule has 0 amide bonds. The normalized spacial score (nSPS) is 11.2. The van der Waals surface area contributed by atoms with Crippen LogP contribution in [0, 0.1) is 5.92 Å². The molecule has 0 spiro atoms. The summed E-state index contributed by atoms with van der Waals surface area (Å²) in [5.41, 5.74) is 7.09. The first kappa shape index (κ1) is 11.4. The highest BCUT2D eigenvalue weighted by Crippen LogP contribution is 2.18. The molecule has 2 heterocycles. The number of rotatable bonds is 3. The zero-order valence-corrected chi connectivity index (χ0v) is 9.71. The monoisotopic (exact) mass is 234 g/mol. The Kier molecular flexibility index (Phi) is 2.71. The van der Waals surface area contributed by atoms with E-state index in [0.29, 0.717) is 29.4 Å². The fourth-order valence-corrected chi connectivity index (χ4v) is 1.74. The van der Waals surface area contributed by atoms with Gasteiger partial charge in [0, 0.05) is 0 Å². The number of nitrogen functional groups attached to an aromatic ring is 1. The second kappa shape index (κ2) is 4.04. The topological polar surface area (TPSA) is 93.5 Å². The molecule has 0 aromatic carbocycles. The number of nitrogens with zero attached hydrogens (tertiary/aromatic N) is 3. The van der Waals surface area contributed by atoms with Crippen molar-refractivity contribution in [2.45, 2.75) is 20.3 Å². The van der Waals surface area contributed by atoms with Gasteiger partial charge >= 0.3 is 5.97 Å². The van der Waals surface area contributed by atoms with Gasteiger partial charge < -0.3 is 10.8 Å². The summed E-state index contributed by atoms with van der Waals surface area (Å²) < 4.78 is 1.43. The van der Waals surface area contributed by atoms with Gasteiger partial charge in [0.25, 0.3) is 0 Å². The Hall–Kier alpha value is -2.11. The number of hydrogen-bond donors (Lipinski definition) is 2. The number of nitrogens with two attached hydrogens (primary N) is 1. The van der Waals surface area contributed by atoms with Gasteiger partial charge in [-0.1, -0.05) is 13.8 Å². The van der Waals surface area contributed by atoms with Crippen LogP contribution in [0.3, 0.4) is 0 Å². The number of fused-ring (bicyclic) bond motifs is 1. The minimum atomic E-state index is -1.01. The quantitative estimate of drug-likeness (QED) is 0.832. The highest BCUT2D eigenvalue weighted by Gasteiger charge is 2.20. The van der Waals surface area contributed by atoms with Crippen LogP contribution in [0.25, 0.3) is 5.65 Å². The van der Waals surface area contributed by atoms with Gasteiger partial charge in [-0.25, -0.2) is 14.3 Å². The van der Waals surface area contributed by atoms with Crippen LogP contribution in [0.4, 0.5) is 5.69 Å². The summed E-state index contributed by atoms with van der Waals surface area (Å²) in [7, 11) is 0. The van der Waals surface area contributed by atoms with Crippen molar-refractivity contribution in [3.63, 3.8) is 0 Å². The molecule has 0 aliphatic carbocycles. The molecular weight excluding hydrogens is 220 g/mol. The van der Waals surface area contributed by atoms with E-state index in [4.69, 9.17) is 5.73 Å². The minimum absolute atomic E-state index is 0.165. The lowest BCUT2D eigenvalue weighted by atomic mass is 10.1. The van der Waals surface area contributed by atoms with Crippen LogP contribution in [-0.4, -0.2) is 25.7 Å². The maximum atomic E-state index is 11.2. The van der Waals surface area contributed by atoms with Crippen LogP contribution in [0.1, 0.15) is 29.9 Å². The van der Waals surface area contributed by atoms with Crippen LogP contribution < -0.4 is 5.73 Å². The Balaban J connectivity index is 2.66. The molecule has 0 atom stereocenters. The van der Waals surface area contributed by atoms with Gasteiger partial charge in [0.15, 0.2) is 5.65 Å². The Morgan fingerprint density at radius 3 is 2.88 bits per heavy atom. The van der Waals surface area contributed by atoms with Crippen LogP contribution >= 0.6 is 0 Å². The summed E-state index contributed by atoms with van der Waals surface area (Å²) in [6.45, 7) is 4.02. The lowest BCUT2D eigenvalue weighted by Gasteiger charge is -2.00. The van der Waals surface area contributed by atoms with E-state index < -0.39 is 5.97 Å². The Morgan fingerprint density at radius 2 is 2.29 bits per heavy atom. The predicted molar refractivity (Wildman–Crippen MR) is 62.9 cm³/mol. The highest BCUT2D eigenvalue weighted by molar-refractivity contribution is 5.95. The second-order valence-corrected chi connectivity index (χ2v) is 4.38. The van der Waals surface area contributed by atoms with Gasteiger partial charge in [0.1, 0.15) is 5.56 Å². The maximum absolute atomic E-state index is 11.2. The van der Waals surface area contributed by atoms with Gasteiger partial charge in [0.2, 0.25) is 0 Å². The molecule has 0 saturated heterocycles. The molecular formula is C11H14N4O2. The third kappa shape index (κ3) is 2.06. The number of anilines is 1. The van der Waals surface area contributed by atoms with Crippen molar-refractivity contribution in [2.24, 2.45) is 5.92 Å². The molecule has 0 bridgehead atoms. The Labute approximate surface area is 98.1 Å². The molecule has 0 aliphatic heterocycles. The van der Waals surface area contributed by atoms with Crippen molar-refractivity contribution >= 4 is 17.3 Å². The van der Waals surface area contributed by atoms with Crippen LogP contribution in [0.2, 0.25) is 0 Å². The van der Waals surface area contributed by atoms with Crippen LogP contribution in [0.15, 0.2) is 12.4 Å². The fraction of sp³-hybridized carbons (Fsp3) is 0.364.